The summed E-state index contributed by atoms with van der Waals surface area (Å²) in [7, 11) is -0.244. The van der Waals surface area contributed by atoms with Gasteiger partial charge in [-0.25, -0.2) is 0 Å². The molecule has 0 unspecified atom stereocenters. The Morgan fingerprint density at radius 2 is 0.875 bits per heavy atom. The maximum atomic E-state index is 2.77. The minimum absolute atomic E-state index is 0.0998. The van der Waals surface area contributed by atoms with Crippen LogP contribution in [0.3, 0.4) is 0 Å². The molecule has 0 atom stereocenters. The molecule has 4 fully saturated rings. The molecule has 2 aromatic rings. The molecule has 0 aliphatic heterocycles. The van der Waals surface area contributed by atoms with Crippen LogP contribution in [0.25, 0.3) is 11.1 Å². The molecule has 0 heterocycles. The quantitative estimate of drug-likeness (QED) is 0.289. The van der Waals surface area contributed by atoms with Crippen molar-refractivity contribution >= 4 is 26.5 Å². The summed E-state index contributed by atoms with van der Waals surface area (Å²) in [5.74, 6) is 0. The summed E-state index contributed by atoms with van der Waals surface area (Å²) in [4.78, 5) is 0. The molecule has 4 saturated carbocycles. The minimum Gasteiger partial charge on any atom is -0.0682 e. The standard InChI is InChI=1S/C38H56P2/c1-29-17-15-16-26-35(29)37-30(2)27-28-36(39(31-18-7-3-8-19-31)32-20-9-4-10-21-32)38(37)40(33-22-11-5-12-23-33)34-24-13-6-14-25-34/h15-17,26-28,31-34H,3-14,18-25H2,1-2H3. The zero-order valence-corrected chi connectivity index (χ0v) is 27.6. The van der Waals surface area contributed by atoms with Gasteiger partial charge < -0.3 is 0 Å². The van der Waals surface area contributed by atoms with Gasteiger partial charge in [0.2, 0.25) is 0 Å². The van der Waals surface area contributed by atoms with Crippen molar-refractivity contribution in [3.63, 3.8) is 0 Å². The van der Waals surface area contributed by atoms with Gasteiger partial charge in [0, 0.05) is 0 Å². The summed E-state index contributed by atoms with van der Waals surface area (Å²) < 4.78 is 0. The van der Waals surface area contributed by atoms with Gasteiger partial charge in [-0.1, -0.05) is 129 Å². The van der Waals surface area contributed by atoms with Crippen LogP contribution in [0.1, 0.15) is 140 Å². The van der Waals surface area contributed by atoms with E-state index in [4.69, 9.17) is 0 Å². The first-order valence-corrected chi connectivity index (χ1v) is 20.4. The van der Waals surface area contributed by atoms with Crippen LogP contribution >= 0.6 is 15.8 Å². The molecule has 0 N–H and O–H groups in total. The minimum atomic E-state index is -0.144. The fraction of sp³-hybridized carbons (Fsp3) is 0.684. The Hall–Kier alpha value is -0.700. The summed E-state index contributed by atoms with van der Waals surface area (Å²) in [6.45, 7) is 4.85. The van der Waals surface area contributed by atoms with Crippen molar-refractivity contribution in [1.82, 2.24) is 0 Å². The van der Waals surface area contributed by atoms with E-state index in [1.54, 1.807) is 16.7 Å². The maximum Gasteiger partial charge on any atom is -0.00684 e. The Morgan fingerprint density at radius 3 is 1.32 bits per heavy atom. The van der Waals surface area contributed by atoms with Crippen LogP contribution in [-0.4, -0.2) is 22.6 Å². The van der Waals surface area contributed by atoms with Crippen LogP contribution in [0, 0.1) is 13.8 Å². The van der Waals surface area contributed by atoms with Crippen molar-refractivity contribution < 1.29 is 0 Å². The lowest BCUT2D eigenvalue weighted by Crippen LogP contribution is -2.38. The van der Waals surface area contributed by atoms with Gasteiger partial charge in [0.15, 0.2) is 0 Å². The molecule has 4 aliphatic rings. The lowest BCUT2D eigenvalue weighted by molar-refractivity contribution is 0.486. The van der Waals surface area contributed by atoms with Crippen molar-refractivity contribution in [2.45, 2.75) is 165 Å². The first-order valence-electron chi connectivity index (χ1n) is 17.5. The van der Waals surface area contributed by atoms with Crippen LogP contribution in [0.2, 0.25) is 0 Å². The third-order valence-corrected chi connectivity index (χ3v) is 18.5. The SMILES string of the molecule is Cc1ccccc1-c1c(C)ccc(P(C2CCCCC2)C2CCCCC2)c1P(C1CCCCC1)C1CCCCC1. The van der Waals surface area contributed by atoms with Crippen LogP contribution in [-0.2, 0) is 0 Å². The first kappa shape index (κ1) is 29.4. The van der Waals surface area contributed by atoms with E-state index >= 15 is 0 Å². The van der Waals surface area contributed by atoms with Gasteiger partial charge >= 0.3 is 0 Å². The third-order valence-electron chi connectivity index (χ3n) is 11.2. The average Bonchev–Trinajstić information content (AvgIpc) is 3.01. The van der Waals surface area contributed by atoms with Gasteiger partial charge in [-0.05, 0) is 121 Å². The first-order chi connectivity index (χ1) is 19.7. The molecule has 2 heteroatoms. The largest absolute Gasteiger partial charge is 0.0682 e. The highest BCUT2D eigenvalue weighted by molar-refractivity contribution is 7.73. The predicted octanol–water partition coefficient (Wildman–Crippen LogP) is 11.5. The summed E-state index contributed by atoms with van der Waals surface area (Å²) >= 11 is 0. The van der Waals surface area contributed by atoms with E-state index in [0.29, 0.717) is 0 Å². The summed E-state index contributed by atoms with van der Waals surface area (Å²) in [6.07, 6.45) is 29.9. The second-order valence-electron chi connectivity index (χ2n) is 13.9. The molecule has 40 heavy (non-hydrogen) atoms. The number of rotatable bonds is 7. The maximum absolute atomic E-state index is 2.77. The van der Waals surface area contributed by atoms with E-state index < -0.39 is 0 Å². The number of benzene rings is 2. The predicted molar refractivity (Wildman–Crippen MR) is 182 cm³/mol. The lowest BCUT2D eigenvalue weighted by Gasteiger charge is -2.45. The fourth-order valence-electron chi connectivity index (χ4n) is 9.14. The van der Waals surface area contributed by atoms with Crippen molar-refractivity contribution in [2.75, 3.05) is 0 Å². The van der Waals surface area contributed by atoms with Crippen LogP contribution < -0.4 is 10.6 Å². The molecule has 0 aromatic heterocycles. The van der Waals surface area contributed by atoms with E-state index in [1.807, 2.05) is 10.6 Å². The molecule has 0 spiro atoms. The summed E-state index contributed by atoms with van der Waals surface area (Å²) in [5, 5.41) is 3.92. The Bertz CT molecular complexity index is 1040. The zero-order chi connectivity index (χ0) is 27.3. The Kier molecular flexibility index (Phi) is 10.4. The smallest absolute Gasteiger partial charge is 0.00684 e. The fourth-order valence-corrected chi connectivity index (χ4v) is 17.7. The molecule has 0 nitrogen and oxygen atoms in total. The van der Waals surface area contributed by atoms with Gasteiger partial charge in [0.1, 0.15) is 0 Å². The second-order valence-corrected chi connectivity index (χ2v) is 19.4. The second kappa shape index (κ2) is 14.2. The Balaban J connectivity index is 1.58. The molecule has 0 bridgehead atoms. The zero-order valence-electron chi connectivity index (χ0n) is 25.8. The summed E-state index contributed by atoms with van der Waals surface area (Å²) in [5.41, 5.74) is 10.2. The van der Waals surface area contributed by atoms with Crippen molar-refractivity contribution in [1.29, 1.82) is 0 Å². The third kappa shape index (κ3) is 6.45. The molecule has 6 rings (SSSR count). The van der Waals surface area contributed by atoms with Crippen molar-refractivity contribution in [2.24, 2.45) is 0 Å². The van der Waals surface area contributed by atoms with Crippen molar-refractivity contribution in [3.8, 4) is 11.1 Å². The highest BCUT2D eigenvalue weighted by Gasteiger charge is 2.40. The molecule has 0 saturated heterocycles. The van der Waals surface area contributed by atoms with E-state index in [-0.39, 0.29) is 15.8 Å². The average molecular weight is 575 g/mol. The van der Waals surface area contributed by atoms with E-state index in [1.165, 1.54) is 134 Å². The number of hydrogen-bond acceptors (Lipinski definition) is 0. The van der Waals surface area contributed by atoms with E-state index in [2.05, 4.69) is 50.2 Å². The Labute approximate surface area is 249 Å². The molecule has 0 amide bonds. The molecular weight excluding hydrogens is 518 g/mol. The molecule has 4 aliphatic carbocycles. The van der Waals surface area contributed by atoms with Crippen LogP contribution in [0.5, 0.6) is 0 Å². The van der Waals surface area contributed by atoms with Gasteiger partial charge in [0.25, 0.3) is 0 Å². The number of hydrogen-bond donors (Lipinski definition) is 0. The summed E-state index contributed by atoms with van der Waals surface area (Å²) in [6, 6.07) is 14.8. The van der Waals surface area contributed by atoms with Crippen LogP contribution in [0.15, 0.2) is 36.4 Å². The molecule has 218 valence electrons. The highest BCUT2D eigenvalue weighted by Crippen LogP contribution is 2.61. The van der Waals surface area contributed by atoms with Gasteiger partial charge in [0.05, 0.1) is 0 Å². The topological polar surface area (TPSA) is 0 Å². The normalized spacial score (nSPS) is 22.8. The molecule has 2 aromatic carbocycles. The van der Waals surface area contributed by atoms with Crippen molar-refractivity contribution in [3.05, 3.63) is 47.5 Å². The van der Waals surface area contributed by atoms with Gasteiger partial charge in [-0.15, -0.1) is 0 Å². The Morgan fingerprint density at radius 1 is 0.450 bits per heavy atom. The van der Waals surface area contributed by atoms with E-state index in [9.17, 15) is 0 Å². The van der Waals surface area contributed by atoms with Gasteiger partial charge in [-0.2, -0.15) is 0 Å². The van der Waals surface area contributed by atoms with Gasteiger partial charge in [-0.3, -0.25) is 0 Å². The van der Waals surface area contributed by atoms with Crippen LogP contribution in [0.4, 0.5) is 0 Å². The van der Waals surface area contributed by atoms with E-state index in [0.717, 1.165) is 22.6 Å². The lowest BCUT2D eigenvalue weighted by atomic mass is 9.96. The molecular formula is C38H56P2. The molecule has 0 radical (unpaired) electrons. The number of aryl methyl sites for hydroxylation is 2. The monoisotopic (exact) mass is 574 g/mol. The highest BCUT2D eigenvalue weighted by atomic mass is 31.1.